The number of aliphatic hydroxyl groups excluding tert-OH is 1. The van der Waals surface area contributed by atoms with Crippen LogP contribution in [-0.2, 0) is 5.92 Å². The topological polar surface area (TPSA) is 75.8 Å². The number of ether oxygens (including phenoxy) is 1. The van der Waals surface area contributed by atoms with Crippen molar-refractivity contribution >= 4 is 5.69 Å². The molecule has 1 aliphatic rings. The predicted octanol–water partition coefficient (Wildman–Crippen LogP) is 3.47. The fraction of sp³-hybridized carbons (Fsp3) is 0.625. The summed E-state index contributed by atoms with van der Waals surface area (Å²) in [4.78, 5) is 11.9. The highest BCUT2D eigenvalue weighted by atomic mass is 19.4. The van der Waals surface area contributed by atoms with Crippen LogP contribution in [0.1, 0.15) is 24.8 Å². The first kappa shape index (κ1) is 21.3. The van der Waals surface area contributed by atoms with Gasteiger partial charge in [-0.3, -0.25) is 10.1 Å². The van der Waals surface area contributed by atoms with E-state index in [1.54, 1.807) is 0 Å². The molecule has 11 heteroatoms. The van der Waals surface area contributed by atoms with Crippen molar-refractivity contribution in [3.63, 3.8) is 0 Å². The van der Waals surface area contributed by atoms with E-state index in [1.165, 1.54) is 0 Å². The number of hydrogen-bond donors (Lipinski definition) is 1. The second kappa shape index (κ2) is 8.34. The lowest BCUT2D eigenvalue weighted by Crippen LogP contribution is -2.34. The lowest BCUT2D eigenvalue weighted by molar-refractivity contribution is -0.385. The minimum atomic E-state index is -5.88. The van der Waals surface area contributed by atoms with Gasteiger partial charge in [-0.2, -0.15) is 22.0 Å². The summed E-state index contributed by atoms with van der Waals surface area (Å²) in [6.45, 7) is 1.62. The van der Waals surface area contributed by atoms with E-state index in [0.717, 1.165) is 25.9 Å². The van der Waals surface area contributed by atoms with Crippen LogP contribution in [0.2, 0.25) is 0 Å². The van der Waals surface area contributed by atoms with Crippen LogP contribution in [0.3, 0.4) is 0 Å². The Morgan fingerprint density at radius 2 is 1.85 bits per heavy atom. The molecule has 1 aromatic carbocycles. The fourth-order valence-corrected chi connectivity index (χ4v) is 2.82. The average Bonchev–Trinajstić information content (AvgIpc) is 3.06. The Bertz CT molecular complexity index is 663. The van der Waals surface area contributed by atoms with Crippen LogP contribution >= 0.6 is 0 Å². The summed E-state index contributed by atoms with van der Waals surface area (Å²) < 4.78 is 70.3. The summed E-state index contributed by atoms with van der Waals surface area (Å²) in [5, 5.41) is 20.7. The molecule has 0 aliphatic carbocycles. The van der Waals surface area contributed by atoms with Crippen LogP contribution in [0, 0.1) is 10.1 Å². The normalized spacial score (nSPS) is 17.1. The van der Waals surface area contributed by atoms with Crippen LogP contribution < -0.4 is 4.74 Å². The summed E-state index contributed by atoms with van der Waals surface area (Å²) in [7, 11) is 0. The number of likely N-dealkylation sites (tertiary alicyclic amines) is 1. The smallest absolute Gasteiger partial charge is 0.458 e. The number of alkyl halides is 5. The van der Waals surface area contributed by atoms with Crippen molar-refractivity contribution in [3.05, 3.63) is 33.9 Å². The van der Waals surface area contributed by atoms with Gasteiger partial charge >= 0.3 is 12.1 Å². The van der Waals surface area contributed by atoms with Crippen molar-refractivity contribution in [2.45, 2.75) is 37.5 Å². The molecule has 1 fully saturated rings. The molecule has 1 aliphatic heterocycles. The van der Waals surface area contributed by atoms with Gasteiger partial charge in [-0.1, -0.05) is 0 Å². The molecule has 2 rings (SSSR count). The van der Waals surface area contributed by atoms with Crippen molar-refractivity contribution in [1.29, 1.82) is 0 Å². The average molecular weight is 398 g/mol. The highest BCUT2D eigenvalue weighted by Crippen LogP contribution is 2.47. The molecule has 0 aromatic heterocycles. The van der Waals surface area contributed by atoms with E-state index >= 15 is 0 Å². The van der Waals surface area contributed by atoms with E-state index in [-0.39, 0.29) is 13.0 Å². The first-order valence-corrected chi connectivity index (χ1v) is 8.29. The summed E-state index contributed by atoms with van der Waals surface area (Å²) in [5.74, 6) is -6.16. The monoisotopic (exact) mass is 398 g/mol. The van der Waals surface area contributed by atoms with Crippen molar-refractivity contribution in [1.82, 2.24) is 4.90 Å². The number of β-amino-alcohol motifs (C(OH)–C–C–N with tert-alkyl or cyclic N) is 1. The molecule has 6 nitrogen and oxygen atoms in total. The maximum atomic E-state index is 13.7. The SMILES string of the molecule is O=[N+]([O-])c1ccc(C(F)(F)C(F)(F)F)c(OCC[C@@H](O)CN2CCCC2)c1. The van der Waals surface area contributed by atoms with Crippen molar-refractivity contribution in [2.75, 3.05) is 26.2 Å². The highest BCUT2D eigenvalue weighted by molar-refractivity contribution is 5.46. The Hall–Kier alpha value is -2.01. The number of nitro groups is 1. The largest absolute Gasteiger partial charge is 0.493 e. The lowest BCUT2D eigenvalue weighted by atomic mass is 10.1. The maximum Gasteiger partial charge on any atom is 0.458 e. The number of non-ortho nitro benzene ring substituents is 1. The summed E-state index contributed by atoms with van der Waals surface area (Å²) in [6.07, 6.45) is -4.74. The first-order valence-electron chi connectivity index (χ1n) is 8.29. The second-order valence-corrected chi connectivity index (χ2v) is 6.31. The Labute approximate surface area is 151 Å². The number of nitro benzene ring substituents is 1. The van der Waals surface area contributed by atoms with E-state index in [1.807, 2.05) is 4.90 Å². The summed E-state index contributed by atoms with van der Waals surface area (Å²) in [6, 6.07) is 1.42. The molecule has 0 unspecified atom stereocenters. The minimum absolute atomic E-state index is 0.0176. The van der Waals surface area contributed by atoms with Crippen molar-refractivity contribution < 1.29 is 36.7 Å². The zero-order chi connectivity index (χ0) is 20.2. The van der Waals surface area contributed by atoms with Crippen LogP contribution in [0.5, 0.6) is 5.75 Å². The number of hydrogen-bond acceptors (Lipinski definition) is 5. The Balaban J connectivity index is 2.10. The zero-order valence-electron chi connectivity index (χ0n) is 14.2. The molecule has 1 atom stereocenters. The summed E-state index contributed by atoms with van der Waals surface area (Å²) >= 11 is 0. The van der Waals surface area contributed by atoms with E-state index in [4.69, 9.17) is 4.74 Å². The maximum absolute atomic E-state index is 13.7. The first-order chi connectivity index (χ1) is 12.5. The standard InChI is InChI=1S/C16H19F5N2O4/c17-15(18,16(19,20)21)13-4-3-11(23(25)26)9-14(13)27-8-5-12(24)10-22-6-1-2-7-22/h3-4,9,12,24H,1-2,5-8,10H2/t12-/m1/s1. The lowest BCUT2D eigenvalue weighted by Gasteiger charge is -2.23. The molecule has 0 radical (unpaired) electrons. The number of nitrogens with zero attached hydrogens (tertiary/aromatic N) is 2. The number of halogens is 5. The van der Waals surface area contributed by atoms with Gasteiger partial charge in [0, 0.05) is 19.0 Å². The van der Waals surface area contributed by atoms with Crippen LogP contribution in [0.25, 0.3) is 0 Å². The minimum Gasteiger partial charge on any atom is -0.493 e. The molecule has 27 heavy (non-hydrogen) atoms. The van der Waals surface area contributed by atoms with Gasteiger partial charge in [0.05, 0.1) is 29.3 Å². The van der Waals surface area contributed by atoms with E-state index in [0.29, 0.717) is 24.7 Å². The van der Waals surface area contributed by atoms with Crippen molar-refractivity contribution in [3.8, 4) is 5.75 Å². The van der Waals surface area contributed by atoms with Gasteiger partial charge in [0.15, 0.2) is 0 Å². The molecule has 0 spiro atoms. The Kier molecular flexibility index (Phi) is 6.58. The van der Waals surface area contributed by atoms with Gasteiger partial charge in [0.1, 0.15) is 5.75 Å². The van der Waals surface area contributed by atoms with Gasteiger partial charge in [-0.05, 0) is 32.0 Å². The predicted molar refractivity (Wildman–Crippen MR) is 84.8 cm³/mol. The third-order valence-electron chi connectivity index (χ3n) is 4.25. The molecule has 152 valence electrons. The van der Waals surface area contributed by atoms with Crippen molar-refractivity contribution in [2.24, 2.45) is 0 Å². The quantitative estimate of drug-likeness (QED) is 0.412. The van der Waals surface area contributed by atoms with Crippen LogP contribution in [0.15, 0.2) is 18.2 Å². The molecule has 1 saturated heterocycles. The van der Waals surface area contributed by atoms with Crippen LogP contribution in [0.4, 0.5) is 27.6 Å². The molecule has 1 heterocycles. The van der Waals surface area contributed by atoms with Gasteiger partial charge in [-0.15, -0.1) is 0 Å². The van der Waals surface area contributed by atoms with Crippen LogP contribution in [-0.4, -0.2) is 53.5 Å². The van der Waals surface area contributed by atoms with E-state index < -0.39 is 40.1 Å². The third kappa shape index (κ3) is 5.25. The zero-order valence-corrected chi connectivity index (χ0v) is 14.2. The second-order valence-electron chi connectivity index (χ2n) is 6.31. The van der Waals surface area contributed by atoms with Gasteiger partial charge < -0.3 is 14.7 Å². The number of rotatable bonds is 8. The van der Waals surface area contributed by atoms with E-state index in [2.05, 4.69) is 0 Å². The molecule has 1 aromatic rings. The Morgan fingerprint density at radius 1 is 1.22 bits per heavy atom. The van der Waals surface area contributed by atoms with Gasteiger partial charge in [-0.25, -0.2) is 0 Å². The fourth-order valence-electron chi connectivity index (χ4n) is 2.82. The highest BCUT2D eigenvalue weighted by Gasteiger charge is 2.60. The van der Waals surface area contributed by atoms with Gasteiger partial charge in [0.2, 0.25) is 0 Å². The molecular weight excluding hydrogens is 379 g/mol. The molecule has 1 N–H and O–H groups in total. The molecule has 0 amide bonds. The molecule has 0 bridgehead atoms. The molecule has 0 saturated carbocycles. The summed E-state index contributed by atoms with van der Waals surface area (Å²) in [5.41, 5.74) is -2.18. The van der Waals surface area contributed by atoms with E-state index in [9.17, 15) is 37.2 Å². The van der Waals surface area contributed by atoms with Gasteiger partial charge in [0.25, 0.3) is 5.69 Å². The third-order valence-corrected chi connectivity index (χ3v) is 4.25. The molecular formula is C16H19F5N2O4. The number of benzene rings is 1. The number of aliphatic hydroxyl groups is 1. The Morgan fingerprint density at radius 3 is 2.41 bits per heavy atom.